The summed E-state index contributed by atoms with van der Waals surface area (Å²) in [6.45, 7) is 3.01. The van der Waals surface area contributed by atoms with Crippen LogP contribution in [-0.2, 0) is 13.5 Å². The molecule has 0 radical (unpaired) electrons. The van der Waals surface area contributed by atoms with E-state index in [2.05, 4.69) is 33.4 Å². The topological polar surface area (TPSA) is 55.6 Å². The van der Waals surface area contributed by atoms with Gasteiger partial charge < -0.3 is 5.32 Å². The molecule has 1 unspecified atom stereocenters. The second kappa shape index (κ2) is 6.26. The number of hydrogen-bond acceptors (Lipinski definition) is 4. The van der Waals surface area contributed by atoms with Gasteiger partial charge in [0.05, 0.1) is 6.04 Å². The molecule has 2 aromatic rings. The monoisotopic (exact) mass is 245 g/mol. The average molecular weight is 245 g/mol. The fraction of sp³-hybridized carbons (Fsp3) is 0.462. The minimum atomic E-state index is 0.200. The second-order valence-corrected chi connectivity index (χ2v) is 4.20. The summed E-state index contributed by atoms with van der Waals surface area (Å²) in [5.41, 5.74) is 1.23. The molecule has 0 aliphatic rings. The highest BCUT2D eigenvalue weighted by molar-refractivity contribution is 5.03. The molecule has 0 saturated carbocycles. The van der Waals surface area contributed by atoms with Crippen molar-refractivity contribution in [2.24, 2.45) is 7.05 Å². The third-order valence-corrected chi connectivity index (χ3v) is 2.96. The predicted molar refractivity (Wildman–Crippen MR) is 70.0 cm³/mol. The Hall–Kier alpha value is -1.75. The molecule has 0 spiro atoms. The molecule has 0 fully saturated rings. The van der Waals surface area contributed by atoms with Crippen LogP contribution in [0.4, 0.5) is 0 Å². The van der Waals surface area contributed by atoms with E-state index in [1.165, 1.54) is 5.69 Å². The van der Waals surface area contributed by atoms with Crippen LogP contribution in [-0.4, -0.2) is 26.3 Å². The lowest BCUT2D eigenvalue weighted by Crippen LogP contribution is -2.23. The molecule has 2 aromatic heterocycles. The molecular weight excluding hydrogens is 226 g/mol. The van der Waals surface area contributed by atoms with Gasteiger partial charge in [-0.1, -0.05) is 6.92 Å². The summed E-state index contributed by atoms with van der Waals surface area (Å²) in [6.07, 6.45) is 7.34. The number of aryl methyl sites for hydroxylation is 2. The number of rotatable bonds is 6. The summed E-state index contributed by atoms with van der Waals surface area (Å²) < 4.78 is 1.91. The van der Waals surface area contributed by atoms with Crippen molar-refractivity contribution in [3.63, 3.8) is 0 Å². The van der Waals surface area contributed by atoms with Crippen LogP contribution in [0.25, 0.3) is 0 Å². The van der Waals surface area contributed by atoms with E-state index in [-0.39, 0.29) is 6.04 Å². The Bertz CT molecular complexity index is 465. The summed E-state index contributed by atoms with van der Waals surface area (Å²) in [7, 11) is 1.97. The zero-order valence-electron chi connectivity index (χ0n) is 10.9. The van der Waals surface area contributed by atoms with E-state index in [1.54, 1.807) is 12.4 Å². The lowest BCUT2D eigenvalue weighted by molar-refractivity contribution is 0.483. The fourth-order valence-electron chi connectivity index (χ4n) is 2.00. The third kappa shape index (κ3) is 3.13. The molecule has 1 atom stereocenters. The van der Waals surface area contributed by atoms with Gasteiger partial charge in [-0.25, -0.2) is 9.97 Å². The van der Waals surface area contributed by atoms with E-state index in [0.29, 0.717) is 0 Å². The van der Waals surface area contributed by atoms with Crippen LogP contribution in [0.3, 0.4) is 0 Å². The summed E-state index contributed by atoms with van der Waals surface area (Å²) in [5, 5.41) is 7.60. The van der Waals surface area contributed by atoms with Gasteiger partial charge in [-0.2, -0.15) is 5.10 Å². The normalized spacial score (nSPS) is 12.6. The summed E-state index contributed by atoms with van der Waals surface area (Å²) in [4.78, 5) is 8.65. The summed E-state index contributed by atoms with van der Waals surface area (Å²) >= 11 is 0. The Morgan fingerprint density at radius 2 is 2.06 bits per heavy atom. The maximum Gasteiger partial charge on any atom is 0.145 e. The van der Waals surface area contributed by atoms with E-state index in [1.807, 2.05) is 24.0 Å². The molecule has 5 nitrogen and oxygen atoms in total. The van der Waals surface area contributed by atoms with Gasteiger partial charge in [0.1, 0.15) is 5.82 Å². The van der Waals surface area contributed by atoms with Crippen LogP contribution in [0.5, 0.6) is 0 Å². The Morgan fingerprint density at radius 1 is 1.28 bits per heavy atom. The van der Waals surface area contributed by atoms with Gasteiger partial charge in [0.25, 0.3) is 0 Å². The molecular formula is C13H19N5. The van der Waals surface area contributed by atoms with Crippen LogP contribution < -0.4 is 5.32 Å². The first-order valence-corrected chi connectivity index (χ1v) is 6.28. The fourth-order valence-corrected chi connectivity index (χ4v) is 2.00. The lowest BCUT2D eigenvalue weighted by atomic mass is 10.1. The van der Waals surface area contributed by atoms with Crippen LogP contribution >= 0.6 is 0 Å². The second-order valence-electron chi connectivity index (χ2n) is 4.20. The Morgan fingerprint density at radius 3 is 2.67 bits per heavy atom. The van der Waals surface area contributed by atoms with Gasteiger partial charge in [-0.15, -0.1) is 0 Å². The molecule has 1 N–H and O–H groups in total. The lowest BCUT2D eigenvalue weighted by Gasteiger charge is -2.16. The smallest absolute Gasteiger partial charge is 0.145 e. The summed E-state index contributed by atoms with van der Waals surface area (Å²) in [5.74, 6) is 0.863. The Labute approximate surface area is 107 Å². The third-order valence-electron chi connectivity index (χ3n) is 2.96. The molecule has 0 aromatic carbocycles. The highest BCUT2D eigenvalue weighted by Gasteiger charge is 2.13. The minimum Gasteiger partial charge on any atom is -0.308 e. The predicted octanol–water partition coefficient (Wildman–Crippen LogP) is 1.49. The van der Waals surface area contributed by atoms with Crippen molar-refractivity contribution in [2.75, 3.05) is 6.54 Å². The van der Waals surface area contributed by atoms with Crippen molar-refractivity contribution in [1.82, 2.24) is 25.1 Å². The van der Waals surface area contributed by atoms with E-state index < -0.39 is 0 Å². The number of nitrogens with zero attached hydrogens (tertiary/aromatic N) is 4. The maximum absolute atomic E-state index is 4.32. The van der Waals surface area contributed by atoms with Gasteiger partial charge in [0.15, 0.2) is 0 Å². The van der Waals surface area contributed by atoms with Crippen LogP contribution in [0.15, 0.2) is 30.7 Å². The number of aromatic nitrogens is 4. The van der Waals surface area contributed by atoms with E-state index in [0.717, 1.165) is 25.2 Å². The van der Waals surface area contributed by atoms with E-state index in [4.69, 9.17) is 0 Å². The van der Waals surface area contributed by atoms with Crippen LogP contribution in [0.1, 0.15) is 30.9 Å². The van der Waals surface area contributed by atoms with Crippen LogP contribution in [0, 0.1) is 0 Å². The molecule has 2 rings (SSSR count). The van der Waals surface area contributed by atoms with Gasteiger partial charge in [0, 0.05) is 31.3 Å². The van der Waals surface area contributed by atoms with E-state index in [9.17, 15) is 0 Å². The molecule has 96 valence electrons. The number of hydrogen-bond donors (Lipinski definition) is 1. The van der Waals surface area contributed by atoms with Crippen molar-refractivity contribution in [2.45, 2.75) is 25.8 Å². The molecule has 5 heteroatoms. The first kappa shape index (κ1) is 12.7. The molecule has 18 heavy (non-hydrogen) atoms. The molecule has 0 amide bonds. The Kier molecular flexibility index (Phi) is 4.41. The van der Waals surface area contributed by atoms with Crippen LogP contribution in [0.2, 0.25) is 0 Å². The standard InChI is InChI=1S/C13H19N5/c1-3-14-12(13-15-8-4-9-16-13)6-5-11-7-10-17-18(11)2/h4,7-10,12,14H,3,5-6H2,1-2H3. The van der Waals surface area contributed by atoms with Gasteiger partial charge in [-0.05, 0) is 31.5 Å². The molecule has 2 heterocycles. The SMILES string of the molecule is CCNC(CCc1ccnn1C)c1ncccn1. The van der Waals surface area contributed by atoms with Gasteiger partial charge >= 0.3 is 0 Å². The zero-order chi connectivity index (χ0) is 12.8. The maximum atomic E-state index is 4.32. The van der Waals surface area contributed by atoms with Crippen molar-refractivity contribution < 1.29 is 0 Å². The van der Waals surface area contributed by atoms with Gasteiger partial charge in [-0.3, -0.25) is 4.68 Å². The Balaban J connectivity index is 2.01. The summed E-state index contributed by atoms with van der Waals surface area (Å²) in [6, 6.07) is 4.09. The zero-order valence-corrected chi connectivity index (χ0v) is 10.9. The van der Waals surface area contributed by atoms with E-state index >= 15 is 0 Å². The molecule has 0 aliphatic heterocycles. The average Bonchev–Trinajstić information content (AvgIpc) is 2.81. The van der Waals surface area contributed by atoms with Crippen molar-refractivity contribution in [3.05, 3.63) is 42.2 Å². The molecule has 0 saturated heterocycles. The highest BCUT2D eigenvalue weighted by Crippen LogP contribution is 2.14. The number of nitrogens with one attached hydrogen (secondary N) is 1. The quantitative estimate of drug-likeness (QED) is 0.838. The van der Waals surface area contributed by atoms with Crippen molar-refractivity contribution in [1.29, 1.82) is 0 Å². The van der Waals surface area contributed by atoms with Gasteiger partial charge in [0.2, 0.25) is 0 Å². The molecule has 0 aliphatic carbocycles. The van der Waals surface area contributed by atoms with Crippen molar-refractivity contribution in [3.8, 4) is 0 Å². The highest BCUT2D eigenvalue weighted by atomic mass is 15.2. The van der Waals surface area contributed by atoms with Crippen molar-refractivity contribution >= 4 is 0 Å². The first-order chi connectivity index (χ1) is 8.81. The largest absolute Gasteiger partial charge is 0.308 e. The minimum absolute atomic E-state index is 0.200. The molecule has 0 bridgehead atoms. The first-order valence-electron chi connectivity index (χ1n) is 6.28.